The van der Waals surface area contributed by atoms with E-state index in [0.717, 1.165) is 18.7 Å². The molecule has 0 aromatic heterocycles. The summed E-state index contributed by atoms with van der Waals surface area (Å²) in [7, 11) is 1.70. The molecule has 1 unspecified atom stereocenters. The van der Waals surface area contributed by atoms with Gasteiger partial charge in [0.2, 0.25) is 0 Å². The van der Waals surface area contributed by atoms with Gasteiger partial charge in [-0.15, -0.1) is 0 Å². The first-order valence-electron chi connectivity index (χ1n) is 5.28. The zero-order chi connectivity index (χ0) is 10.8. The average Bonchev–Trinajstić information content (AvgIpc) is 2.27. The maximum atomic E-state index is 9.29. The van der Waals surface area contributed by atoms with Crippen molar-refractivity contribution in [2.45, 2.75) is 19.4 Å². The quantitative estimate of drug-likeness (QED) is 0.765. The molecule has 0 saturated heterocycles. The van der Waals surface area contributed by atoms with E-state index >= 15 is 0 Å². The molecule has 0 saturated carbocycles. The van der Waals surface area contributed by atoms with Crippen LogP contribution < -0.4 is 10.1 Å². The fraction of sp³-hybridized carbons (Fsp3) is 0.500. The van der Waals surface area contributed by atoms with Crippen LogP contribution in [0.2, 0.25) is 0 Å². The molecular weight excluding hydrogens is 190 g/mol. The molecule has 2 N–H and O–H groups in total. The molecule has 0 aliphatic carbocycles. The number of hydrogen-bond donors (Lipinski definition) is 2. The first-order valence-corrected chi connectivity index (χ1v) is 5.28. The predicted molar refractivity (Wildman–Crippen MR) is 59.3 cm³/mol. The van der Waals surface area contributed by atoms with Crippen LogP contribution >= 0.6 is 0 Å². The third-order valence-corrected chi connectivity index (χ3v) is 2.93. The standard InChI is InChI=1S/C12H17NO2/c1-8-5-10-9(12(6-8)15-2)3-4-13-11(10)7-14/h5-6,11,13-14H,3-4,7H2,1-2H3. The van der Waals surface area contributed by atoms with Gasteiger partial charge >= 0.3 is 0 Å². The van der Waals surface area contributed by atoms with Crippen LogP contribution in [0.25, 0.3) is 0 Å². The van der Waals surface area contributed by atoms with E-state index < -0.39 is 0 Å². The molecule has 0 spiro atoms. The molecular formula is C12H17NO2. The lowest BCUT2D eigenvalue weighted by atomic mass is 9.92. The van der Waals surface area contributed by atoms with Gasteiger partial charge < -0.3 is 15.2 Å². The van der Waals surface area contributed by atoms with Gasteiger partial charge in [-0.3, -0.25) is 0 Å². The molecule has 1 aromatic carbocycles. The van der Waals surface area contributed by atoms with Crippen molar-refractivity contribution in [1.29, 1.82) is 0 Å². The Morgan fingerprint density at radius 2 is 2.33 bits per heavy atom. The van der Waals surface area contributed by atoms with E-state index in [2.05, 4.69) is 17.4 Å². The average molecular weight is 207 g/mol. The van der Waals surface area contributed by atoms with Crippen LogP contribution in [0.3, 0.4) is 0 Å². The van der Waals surface area contributed by atoms with Crippen molar-refractivity contribution in [3.63, 3.8) is 0 Å². The zero-order valence-electron chi connectivity index (χ0n) is 9.21. The largest absolute Gasteiger partial charge is 0.496 e. The van der Waals surface area contributed by atoms with Crippen molar-refractivity contribution in [2.24, 2.45) is 0 Å². The molecule has 1 heterocycles. The van der Waals surface area contributed by atoms with Crippen LogP contribution in [-0.4, -0.2) is 25.4 Å². The summed E-state index contributed by atoms with van der Waals surface area (Å²) in [6.07, 6.45) is 0.968. The van der Waals surface area contributed by atoms with Gasteiger partial charge in [0.1, 0.15) is 5.75 Å². The van der Waals surface area contributed by atoms with Crippen molar-refractivity contribution in [3.05, 3.63) is 28.8 Å². The predicted octanol–water partition coefficient (Wildman–Crippen LogP) is 1.18. The molecule has 0 amide bonds. The summed E-state index contributed by atoms with van der Waals surface area (Å²) in [4.78, 5) is 0. The lowest BCUT2D eigenvalue weighted by Crippen LogP contribution is -2.32. The molecule has 1 aliphatic heterocycles. The topological polar surface area (TPSA) is 41.5 Å². The normalized spacial score (nSPS) is 19.8. The highest BCUT2D eigenvalue weighted by Crippen LogP contribution is 2.31. The number of ether oxygens (including phenoxy) is 1. The highest BCUT2D eigenvalue weighted by Gasteiger charge is 2.21. The first kappa shape index (κ1) is 10.5. The van der Waals surface area contributed by atoms with Crippen LogP contribution in [0.15, 0.2) is 12.1 Å². The Hall–Kier alpha value is -1.06. The summed E-state index contributed by atoms with van der Waals surface area (Å²) in [5.74, 6) is 0.949. The number of nitrogens with one attached hydrogen (secondary N) is 1. The van der Waals surface area contributed by atoms with Crippen molar-refractivity contribution in [2.75, 3.05) is 20.3 Å². The third kappa shape index (κ3) is 1.85. The van der Waals surface area contributed by atoms with E-state index in [0.29, 0.717) is 0 Å². The van der Waals surface area contributed by atoms with Gasteiger partial charge in [0.25, 0.3) is 0 Å². The Balaban J connectivity index is 2.51. The number of fused-ring (bicyclic) bond motifs is 1. The minimum atomic E-state index is 0.0579. The molecule has 82 valence electrons. The second kappa shape index (κ2) is 4.21. The van der Waals surface area contributed by atoms with Crippen LogP contribution in [0.5, 0.6) is 5.75 Å². The van der Waals surface area contributed by atoms with Gasteiger partial charge in [0.15, 0.2) is 0 Å². The summed E-state index contributed by atoms with van der Waals surface area (Å²) in [6.45, 7) is 3.09. The summed E-state index contributed by atoms with van der Waals surface area (Å²) >= 11 is 0. The van der Waals surface area contributed by atoms with E-state index in [9.17, 15) is 5.11 Å². The Morgan fingerprint density at radius 3 is 3.00 bits per heavy atom. The van der Waals surface area contributed by atoms with Crippen molar-refractivity contribution in [3.8, 4) is 5.75 Å². The Labute approximate surface area is 90.1 Å². The molecule has 1 aliphatic rings. The van der Waals surface area contributed by atoms with Crippen LogP contribution in [0.4, 0.5) is 0 Å². The highest BCUT2D eigenvalue weighted by atomic mass is 16.5. The second-order valence-corrected chi connectivity index (χ2v) is 3.97. The SMILES string of the molecule is COc1cc(C)cc2c1CCNC2CO. The lowest BCUT2D eigenvalue weighted by molar-refractivity contribution is 0.239. The number of rotatable bonds is 2. The summed E-state index contributed by atoms with van der Waals surface area (Å²) in [5.41, 5.74) is 3.59. The molecule has 15 heavy (non-hydrogen) atoms. The molecule has 0 bridgehead atoms. The van der Waals surface area contributed by atoms with Crippen LogP contribution in [0, 0.1) is 6.92 Å². The van der Waals surface area contributed by atoms with Gasteiger partial charge in [0.05, 0.1) is 19.8 Å². The first-order chi connectivity index (χ1) is 7.26. The minimum absolute atomic E-state index is 0.0579. The number of methoxy groups -OCH3 is 1. The number of aliphatic hydroxyl groups excluding tert-OH is 1. The Bertz CT molecular complexity index is 363. The second-order valence-electron chi connectivity index (χ2n) is 3.97. The lowest BCUT2D eigenvalue weighted by Gasteiger charge is -2.27. The smallest absolute Gasteiger partial charge is 0.122 e. The number of benzene rings is 1. The van der Waals surface area contributed by atoms with E-state index in [1.807, 2.05) is 6.92 Å². The molecule has 3 heteroatoms. The summed E-state index contributed by atoms with van der Waals surface area (Å²) in [5, 5.41) is 12.6. The number of aliphatic hydroxyl groups is 1. The monoisotopic (exact) mass is 207 g/mol. The summed E-state index contributed by atoms with van der Waals surface area (Å²) < 4.78 is 5.38. The van der Waals surface area contributed by atoms with E-state index in [1.54, 1.807) is 7.11 Å². The number of aryl methyl sites for hydroxylation is 1. The fourth-order valence-electron chi connectivity index (χ4n) is 2.22. The van der Waals surface area contributed by atoms with Gasteiger partial charge in [-0.2, -0.15) is 0 Å². The summed E-state index contributed by atoms with van der Waals surface area (Å²) in [6, 6.07) is 4.24. The Morgan fingerprint density at radius 1 is 1.53 bits per heavy atom. The third-order valence-electron chi connectivity index (χ3n) is 2.93. The maximum absolute atomic E-state index is 9.29. The minimum Gasteiger partial charge on any atom is -0.496 e. The van der Waals surface area contributed by atoms with E-state index in [4.69, 9.17) is 4.74 Å². The number of hydrogen-bond acceptors (Lipinski definition) is 3. The van der Waals surface area contributed by atoms with E-state index in [-0.39, 0.29) is 12.6 Å². The Kier molecular flexibility index (Phi) is 2.93. The molecule has 2 rings (SSSR count). The zero-order valence-corrected chi connectivity index (χ0v) is 9.21. The fourth-order valence-corrected chi connectivity index (χ4v) is 2.22. The maximum Gasteiger partial charge on any atom is 0.122 e. The van der Waals surface area contributed by atoms with Gasteiger partial charge in [-0.25, -0.2) is 0 Å². The molecule has 0 fully saturated rings. The van der Waals surface area contributed by atoms with Gasteiger partial charge in [0, 0.05) is 5.56 Å². The molecule has 0 radical (unpaired) electrons. The molecule has 1 atom stereocenters. The van der Waals surface area contributed by atoms with Crippen molar-refractivity contribution >= 4 is 0 Å². The van der Waals surface area contributed by atoms with Gasteiger partial charge in [-0.1, -0.05) is 6.07 Å². The molecule has 3 nitrogen and oxygen atoms in total. The van der Waals surface area contributed by atoms with Crippen LogP contribution in [0.1, 0.15) is 22.7 Å². The van der Waals surface area contributed by atoms with Crippen molar-refractivity contribution < 1.29 is 9.84 Å². The van der Waals surface area contributed by atoms with Crippen molar-refractivity contribution in [1.82, 2.24) is 5.32 Å². The van der Waals surface area contributed by atoms with Crippen LogP contribution in [-0.2, 0) is 6.42 Å². The van der Waals surface area contributed by atoms with E-state index in [1.165, 1.54) is 16.7 Å². The van der Waals surface area contributed by atoms with Gasteiger partial charge in [-0.05, 0) is 37.1 Å². The highest BCUT2D eigenvalue weighted by molar-refractivity contribution is 5.46. The molecule has 1 aromatic rings.